The first-order chi connectivity index (χ1) is 6.81. The van der Waals surface area contributed by atoms with Gasteiger partial charge >= 0.3 is 5.97 Å². The van der Waals surface area contributed by atoms with Gasteiger partial charge in [0, 0.05) is 19.0 Å². The molecule has 2 rings (SSSR count). The smallest absolute Gasteiger partial charge is 0.341 e. The first-order valence-electron chi connectivity index (χ1n) is 4.55. The highest BCUT2D eigenvalue weighted by Gasteiger charge is 2.21. The number of esters is 1. The van der Waals surface area contributed by atoms with Gasteiger partial charge in [-0.2, -0.15) is 0 Å². The molecule has 0 radical (unpaired) electrons. The number of carbonyl (C=O) groups excluding carboxylic acids is 1. The van der Waals surface area contributed by atoms with Crippen LogP contribution in [0.2, 0.25) is 0 Å². The van der Waals surface area contributed by atoms with Crippen LogP contribution in [-0.4, -0.2) is 42.7 Å². The van der Waals surface area contributed by atoms with Crippen molar-refractivity contribution in [2.24, 2.45) is 9.98 Å². The van der Waals surface area contributed by atoms with Gasteiger partial charge in [-0.1, -0.05) is 0 Å². The Bertz CT molecular complexity index is 344. The van der Waals surface area contributed by atoms with Crippen molar-refractivity contribution >= 4 is 18.1 Å². The van der Waals surface area contributed by atoms with Crippen LogP contribution >= 0.6 is 0 Å². The van der Waals surface area contributed by atoms with Crippen molar-refractivity contribution in [3.63, 3.8) is 0 Å². The van der Waals surface area contributed by atoms with Crippen molar-refractivity contribution in [2.75, 3.05) is 19.7 Å². The summed E-state index contributed by atoms with van der Waals surface area (Å²) in [7, 11) is 0. The molecule has 0 spiro atoms. The van der Waals surface area contributed by atoms with Gasteiger partial charge in [0.1, 0.15) is 0 Å². The first-order valence-corrected chi connectivity index (χ1v) is 4.55. The maximum atomic E-state index is 11.3. The predicted molar refractivity (Wildman–Crippen MR) is 52.2 cm³/mol. The van der Waals surface area contributed by atoms with Crippen molar-refractivity contribution < 1.29 is 9.53 Å². The Kier molecular flexibility index (Phi) is 2.30. The molecule has 0 fully saturated rings. The van der Waals surface area contributed by atoms with Gasteiger partial charge in [-0.15, -0.1) is 0 Å². The number of fused-ring (bicyclic) bond motifs is 1. The monoisotopic (exact) mass is 193 g/mol. The number of guanidine groups is 1. The Hall–Kier alpha value is -1.65. The van der Waals surface area contributed by atoms with Gasteiger partial charge in [-0.25, -0.2) is 14.8 Å². The molecule has 14 heavy (non-hydrogen) atoms. The molecule has 2 aliphatic rings. The maximum Gasteiger partial charge on any atom is 0.341 e. The topological polar surface area (TPSA) is 54.3 Å². The van der Waals surface area contributed by atoms with E-state index in [1.165, 1.54) is 6.21 Å². The van der Waals surface area contributed by atoms with E-state index in [-0.39, 0.29) is 5.97 Å². The molecule has 0 saturated heterocycles. The molecule has 2 aliphatic heterocycles. The molecule has 0 aliphatic carbocycles. The third-order valence-corrected chi connectivity index (χ3v) is 1.98. The summed E-state index contributed by atoms with van der Waals surface area (Å²) in [5.41, 5.74) is 0.479. The number of nitrogens with zero attached hydrogens (tertiary/aromatic N) is 3. The normalized spacial score (nSPS) is 18.8. The molecule has 2 heterocycles. The van der Waals surface area contributed by atoms with Crippen LogP contribution < -0.4 is 0 Å². The van der Waals surface area contributed by atoms with E-state index >= 15 is 0 Å². The molecule has 0 atom stereocenters. The highest BCUT2D eigenvalue weighted by molar-refractivity contribution is 6.14. The van der Waals surface area contributed by atoms with Crippen LogP contribution in [0.1, 0.15) is 6.92 Å². The van der Waals surface area contributed by atoms with Crippen LogP contribution in [0, 0.1) is 0 Å². The van der Waals surface area contributed by atoms with E-state index in [0.29, 0.717) is 18.1 Å². The van der Waals surface area contributed by atoms with Gasteiger partial charge in [0.05, 0.1) is 18.7 Å². The summed E-state index contributed by atoms with van der Waals surface area (Å²) >= 11 is 0. The van der Waals surface area contributed by atoms with Crippen LogP contribution in [0.3, 0.4) is 0 Å². The molecule has 5 nitrogen and oxygen atoms in total. The second-order valence-electron chi connectivity index (χ2n) is 2.94. The molecule has 0 bridgehead atoms. The van der Waals surface area contributed by atoms with Crippen LogP contribution in [0.4, 0.5) is 0 Å². The van der Waals surface area contributed by atoms with Crippen molar-refractivity contribution in [1.82, 2.24) is 4.90 Å². The molecule has 5 heteroatoms. The fourth-order valence-corrected chi connectivity index (χ4v) is 1.33. The average Bonchev–Trinajstić information content (AvgIpc) is 2.64. The maximum absolute atomic E-state index is 11.3. The fraction of sp³-hybridized carbons (Fsp3) is 0.444. The predicted octanol–water partition coefficient (Wildman–Crippen LogP) is 0.189. The lowest BCUT2D eigenvalue weighted by atomic mass is 10.3. The summed E-state index contributed by atoms with van der Waals surface area (Å²) in [6.45, 7) is 3.68. The van der Waals surface area contributed by atoms with Gasteiger partial charge in [-0.05, 0) is 6.92 Å². The molecular weight excluding hydrogens is 182 g/mol. The van der Waals surface area contributed by atoms with E-state index in [2.05, 4.69) is 9.98 Å². The van der Waals surface area contributed by atoms with Crippen LogP contribution in [-0.2, 0) is 9.53 Å². The highest BCUT2D eigenvalue weighted by Crippen LogP contribution is 2.11. The van der Waals surface area contributed by atoms with Crippen LogP contribution in [0.5, 0.6) is 0 Å². The van der Waals surface area contributed by atoms with Crippen molar-refractivity contribution in [1.29, 1.82) is 0 Å². The summed E-state index contributed by atoms with van der Waals surface area (Å²) in [6.07, 6.45) is 3.23. The van der Waals surface area contributed by atoms with Crippen molar-refractivity contribution in [3.8, 4) is 0 Å². The summed E-state index contributed by atoms with van der Waals surface area (Å²) in [5, 5.41) is 0. The average molecular weight is 193 g/mol. The second-order valence-corrected chi connectivity index (χ2v) is 2.94. The quantitative estimate of drug-likeness (QED) is 0.588. The minimum absolute atomic E-state index is 0.331. The minimum Gasteiger partial charge on any atom is -0.462 e. The molecule has 0 N–H and O–H groups in total. The Morgan fingerprint density at radius 2 is 2.57 bits per heavy atom. The minimum atomic E-state index is -0.331. The molecule has 0 amide bonds. The SMILES string of the molecule is CCOC(=O)C1=CN2CCN=C2N=C1. The molecule has 0 saturated carbocycles. The molecular formula is C9H11N3O2. The van der Waals surface area contributed by atoms with Gasteiger partial charge < -0.3 is 9.64 Å². The van der Waals surface area contributed by atoms with E-state index in [9.17, 15) is 4.79 Å². The number of carbonyl (C=O) groups is 1. The number of hydrogen-bond donors (Lipinski definition) is 0. The van der Waals surface area contributed by atoms with Gasteiger partial charge in [0.15, 0.2) is 0 Å². The summed E-state index contributed by atoms with van der Waals surface area (Å²) in [5.74, 6) is 0.347. The van der Waals surface area contributed by atoms with Crippen LogP contribution in [0.15, 0.2) is 21.8 Å². The zero-order chi connectivity index (χ0) is 9.97. The lowest BCUT2D eigenvalue weighted by Gasteiger charge is -2.16. The zero-order valence-electron chi connectivity index (χ0n) is 7.93. The highest BCUT2D eigenvalue weighted by atomic mass is 16.5. The van der Waals surface area contributed by atoms with Crippen molar-refractivity contribution in [2.45, 2.75) is 6.92 Å². The number of hydrogen-bond acceptors (Lipinski definition) is 5. The standard InChI is InChI=1S/C9H11N3O2/c1-2-14-8(13)7-5-11-9-10-3-4-12(9)6-7/h5-6H,2-4H2,1H3. The lowest BCUT2D eigenvalue weighted by Crippen LogP contribution is -2.26. The van der Waals surface area contributed by atoms with E-state index < -0.39 is 0 Å². The summed E-state index contributed by atoms with van der Waals surface area (Å²) < 4.78 is 4.86. The Balaban J connectivity index is 2.12. The third-order valence-electron chi connectivity index (χ3n) is 1.98. The van der Waals surface area contributed by atoms with E-state index in [1.54, 1.807) is 13.1 Å². The van der Waals surface area contributed by atoms with E-state index in [0.717, 1.165) is 13.1 Å². The second kappa shape index (κ2) is 3.61. The zero-order valence-corrected chi connectivity index (χ0v) is 7.93. The number of ether oxygens (including phenoxy) is 1. The third kappa shape index (κ3) is 1.53. The lowest BCUT2D eigenvalue weighted by molar-refractivity contribution is -0.137. The van der Waals surface area contributed by atoms with Gasteiger partial charge in [-0.3, -0.25) is 0 Å². The van der Waals surface area contributed by atoms with Gasteiger partial charge in [0.25, 0.3) is 0 Å². The first kappa shape index (κ1) is 8.93. The summed E-state index contributed by atoms with van der Waals surface area (Å²) in [4.78, 5) is 21.4. The van der Waals surface area contributed by atoms with E-state index in [1.807, 2.05) is 4.90 Å². The summed E-state index contributed by atoms with van der Waals surface area (Å²) in [6, 6.07) is 0. The molecule has 0 aromatic rings. The molecule has 0 aromatic carbocycles. The number of rotatable bonds is 2. The Morgan fingerprint density at radius 1 is 1.71 bits per heavy atom. The molecule has 0 unspecified atom stereocenters. The Labute approximate surface area is 81.8 Å². The van der Waals surface area contributed by atoms with Gasteiger partial charge in [0.2, 0.25) is 5.96 Å². The number of aliphatic imine (C=N–C) groups is 2. The largest absolute Gasteiger partial charge is 0.462 e. The van der Waals surface area contributed by atoms with Crippen LogP contribution in [0.25, 0.3) is 0 Å². The van der Waals surface area contributed by atoms with E-state index in [4.69, 9.17) is 4.74 Å². The molecule has 0 aromatic heterocycles. The fourth-order valence-electron chi connectivity index (χ4n) is 1.33. The molecule has 74 valence electrons. The van der Waals surface area contributed by atoms with Crippen molar-refractivity contribution in [3.05, 3.63) is 11.8 Å². The Morgan fingerprint density at radius 3 is 3.36 bits per heavy atom.